The molecule has 4 aromatic carbocycles. The third-order valence-electron chi connectivity index (χ3n) is 6.11. The van der Waals surface area contributed by atoms with Gasteiger partial charge in [0.1, 0.15) is 18.2 Å². The quantitative estimate of drug-likeness (QED) is 0.294. The zero-order chi connectivity index (χ0) is 25.2. The molecule has 0 unspecified atom stereocenters. The molecule has 0 saturated heterocycles. The highest BCUT2D eigenvalue weighted by Crippen LogP contribution is 2.19. The van der Waals surface area contributed by atoms with Gasteiger partial charge in [-0.15, -0.1) is 0 Å². The number of carbonyl (C=O) groups is 1. The molecule has 0 atom stereocenters. The number of nitrogens with two attached hydrogens (primary N) is 1. The van der Waals surface area contributed by atoms with Crippen molar-refractivity contribution in [3.05, 3.63) is 137 Å². The Balaban J connectivity index is 1.41. The van der Waals surface area contributed by atoms with Crippen LogP contribution in [0.25, 0.3) is 0 Å². The molecular formula is C31H31FN2O2. The summed E-state index contributed by atoms with van der Waals surface area (Å²) in [6.07, 6.45) is 1.60. The van der Waals surface area contributed by atoms with E-state index in [0.717, 1.165) is 29.5 Å². The summed E-state index contributed by atoms with van der Waals surface area (Å²) in [5.74, 6) is 0.418. The lowest BCUT2D eigenvalue weighted by molar-refractivity contribution is 0.0748. The summed E-state index contributed by atoms with van der Waals surface area (Å²) in [7, 11) is 0. The summed E-state index contributed by atoms with van der Waals surface area (Å²) < 4.78 is 19.1. The maximum absolute atomic E-state index is 13.3. The van der Waals surface area contributed by atoms with E-state index in [0.29, 0.717) is 37.6 Å². The zero-order valence-electron chi connectivity index (χ0n) is 20.3. The molecule has 0 bridgehead atoms. The molecule has 0 heterocycles. The van der Waals surface area contributed by atoms with E-state index in [9.17, 15) is 9.18 Å². The predicted molar refractivity (Wildman–Crippen MR) is 141 cm³/mol. The summed E-state index contributed by atoms with van der Waals surface area (Å²) in [6.45, 7) is 1.78. The Morgan fingerprint density at radius 3 is 2.11 bits per heavy atom. The van der Waals surface area contributed by atoms with Crippen LogP contribution in [0, 0.1) is 5.82 Å². The Hall–Kier alpha value is -3.96. The Bertz CT molecular complexity index is 1240. The fourth-order valence-corrected chi connectivity index (χ4v) is 4.12. The van der Waals surface area contributed by atoms with Crippen LogP contribution in [0.2, 0.25) is 0 Å². The Labute approximate surface area is 212 Å². The highest BCUT2D eigenvalue weighted by Gasteiger charge is 2.17. The van der Waals surface area contributed by atoms with E-state index in [1.165, 1.54) is 17.7 Å². The largest absolute Gasteiger partial charge is 0.489 e. The average molecular weight is 483 g/mol. The Morgan fingerprint density at radius 1 is 0.750 bits per heavy atom. The molecule has 0 aliphatic heterocycles. The van der Waals surface area contributed by atoms with Crippen molar-refractivity contribution in [1.29, 1.82) is 0 Å². The number of hydrogen-bond acceptors (Lipinski definition) is 3. The molecule has 0 fully saturated rings. The summed E-state index contributed by atoms with van der Waals surface area (Å²) in [4.78, 5) is 15.1. The molecule has 0 radical (unpaired) electrons. The van der Waals surface area contributed by atoms with Crippen molar-refractivity contribution in [1.82, 2.24) is 4.90 Å². The fraction of sp³-hybridized carbons (Fsp3) is 0.194. The van der Waals surface area contributed by atoms with Gasteiger partial charge in [0.25, 0.3) is 5.91 Å². The van der Waals surface area contributed by atoms with Crippen LogP contribution in [-0.2, 0) is 26.0 Å². The normalized spacial score (nSPS) is 10.7. The number of nitrogens with zero attached hydrogens (tertiary/aromatic N) is 1. The number of halogens is 1. The van der Waals surface area contributed by atoms with Gasteiger partial charge >= 0.3 is 0 Å². The van der Waals surface area contributed by atoms with Crippen molar-refractivity contribution < 1.29 is 13.9 Å². The van der Waals surface area contributed by atoms with E-state index in [2.05, 4.69) is 12.1 Å². The molecule has 4 rings (SSSR count). The molecule has 0 aliphatic carbocycles. The van der Waals surface area contributed by atoms with Crippen LogP contribution in [0.15, 0.2) is 103 Å². The highest BCUT2D eigenvalue weighted by molar-refractivity contribution is 5.94. The van der Waals surface area contributed by atoms with Crippen LogP contribution in [0.3, 0.4) is 0 Å². The van der Waals surface area contributed by atoms with Gasteiger partial charge in [-0.25, -0.2) is 4.39 Å². The molecule has 4 nitrogen and oxygen atoms in total. The van der Waals surface area contributed by atoms with E-state index in [-0.39, 0.29) is 11.7 Å². The van der Waals surface area contributed by atoms with Gasteiger partial charge in [-0.1, -0.05) is 66.7 Å². The van der Waals surface area contributed by atoms with Gasteiger partial charge in [0.2, 0.25) is 0 Å². The number of ether oxygens (including phenoxy) is 1. The first-order valence-corrected chi connectivity index (χ1v) is 12.2. The number of aryl methyl sites for hydroxylation is 2. The number of carbonyl (C=O) groups excluding carboxylic acids is 1. The van der Waals surface area contributed by atoms with Gasteiger partial charge in [-0.3, -0.25) is 4.79 Å². The monoisotopic (exact) mass is 482 g/mol. The van der Waals surface area contributed by atoms with Crippen LogP contribution < -0.4 is 10.5 Å². The van der Waals surface area contributed by atoms with Crippen molar-refractivity contribution in [2.24, 2.45) is 5.73 Å². The lowest BCUT2D eigenvalue weighted by Crippen LogP contribution is -2.35. The van der Waals surface area contributed by atoms with Crippen LogP contribution in [-0.4, -0.2) is 23.9 Å². The molecule has 0 spiro atoms. The first kappa shape index (κ1) is 25.1. The smallest absolute Gasteiger partial charge is 0.254 e. The molecule has 0 aliphatic rings. The van der Waals surface area contributed by atoms with Crippen LogP contribution >= 0.6 is 0 Å². The molecule has 36 heavy (non-hydrogen) atoms. The molecular weight excluding hydrogens is 451 g/mol. The van der Waals surface area contributed by atoms with E-state index < -0.39 is 0 Å². The Morgan fingerprint density at radius 2 is 1.42 bits per heavy atom. The van der Waals surface area contributed by atoms with Crippen molar-refractivity contribution in [3.63, 3.8) is 0 Å². The zero-order valence-corrected chi connectivity index (χ0v) is 20.3. The second kappa shape index (κ2) is 12.7. The van der Waals surface area contributed by atoms with Gasteiger partial charge in [0.05, 0.1) is 0 Å². The number of amides is 1. The van der Waals surface area contributed by atoms with Gasteiger partial charge in [0, 0.05) is 25.2 Å². The predicted octanol–water partition coefficient (Wildman–Crippen LogP) is 5.79. The van der Waals surface area contributed by atoms with Crippen LogP contribution in [0.4, 0.5) is 4.39 Å². The van der Waals surface area contributed by atoms with Gasteiger partial charge < -0.3 is 15.4 Å². The molecule has 1 amide bonds. The SMILES string of the molecule is NCCN(Cc1ccccc1CCc1ccc(F)cc1)C(=O)c1ccc(OCc2ccccc2)cc1. The molecule has 0 saturated carbocycles. The first-order chi connectivity index (χ1) is 17.6. The third kappa shape index (κ3) is 7.03. The van der Waals surface area contributed by atoms with E-state index >= 15 is 0 Å². The standard InChI is InChI=1S/C31H31FN2O2/c32-29-16-11-24(12-17-29)10-13-26-8-4-5-9-28(26)22-34(21-20-33)31(35)27-14-18-30(19-15-27)36-23-25-6-2-1-3-7-25/h1-9,11-12,14-19H,10,13,20-23,33H2. The van der Waals surface area contributed by atoms with Crippen molar-refractivity contribution in [3.8, 4) is 5.75 Å². The Kier molecular flexibility index (Phi) is 8.84. The van der Waals surface area contributed by atoms with E-state index in [4.69, 9.17) is 10.5 Å². The molecule has 5 heteroatoms. The van der Waals surface area contributed by atoms with Crippen molar-refractivity contribution in [2.75, 3.05) is 13.1 Å². The average Bonchev–Trinajstić information content (AvgIpc) is 2.92. The van der Waals surface area contributed by atoms with Gasteiger partial charge in [-0.05, 0) is 71.5 Å². The van der Waals surface area contributed by atoms with E-state index in [1.807, 2.05) is 66.7 Å². The summed E-state index contributed by atoms with van der Waals surface area (Å²) in [6, 6.07) is 31.9. The second-order valence-electron chi connectivity index (χ2n) is 8.71. The molecule has 184 valence electrons. The summed E-state index contributed by atoms with van der Waals surface area (Å²) in [5, 5.41) is 0. The second-order valence-corrected chi connectivity index (χ2v) is 8.71. The van der Waals surface area contributed by atoms with Crippen LogP contribution in [0.5, 0.6) is 5.75 Å². The number of rotatable bonds is 11. The molecule has 2 N–H and O–H groups in total. The summed E-state index contributed by atoms with van der Waals surface area (Å²) in [5.41, 5.74) is 10.9. The van der Waals surface area contributed by atoms with Gasteiger partial charge in [0.15, 0.2) is 0 Å². The van der Waals surface area contributed by atoms with Crippen LogP contribution in [0.1, 0.15) is 32.6 Å². The minimum atomic E-state index is -0.231. The third-order valence-corrected chi connectivity index (χ3v) is 6.11. The first-order valence-electron chi connectivity index (χ1n) is 12.2. The minimum absolute atomic E-state index is 0.0663. The number of hydrogen-bond donors (Lipinski definition) is 1. The maximum atomic E-state index is 13.3. The topological polar surface area (TPSA) is 55.6 Å². The maximum Gasteiger partial charge on any atom is 0.254 e. The van der Waals surface area contributed by atoms with E-state index in [1.54, 1.807) is 17.0 Å². The fourth-order valence-electron chi connectivity index (χ4n) is 4.12. The highest BCUT2D eigenvalue weighted by atomic mass is 19.1. The van der Waals surface area contributed by atoms with Crippen molar-refractivity contribution >= 4 is 5.91 Å². The number of benzene rings is 4. The lowest BCUT2D eigenvalue weighted by Gasteiger charge is -2.24. The van der Waals surface area contributed by atoms with Gasteiger partial charge in [-0.2, -0.15) is 0 Å². The van der Waals surface area contributed by atoms with Crippen molar-refractivity contribution in [2.45, 2.75) is 26.0 Å². The lowest BCUT2D eigenvalue weighted by atomic mass is 9.99. The summed E-state index contributed by atoms with van der Waals surface area (Å²) >= 11 is 0. The minimum Gasteiger partial charge on any atom is -0.489 e. The molecule has 4 aromatic rings. The molecule has 0 aromatic heterocycles.